The second kappa shape index (κ2) is 3.55. The number of carboxylic acid groups (broad SMARTS) is 1. The average Bonchev–Trinajstić information content (AvgIpc) is 2.06. The van der Waals surface area contributed by atoms with Crippen molar-refractivity contribution < 1.29 is 14.7 Å². The van der Waals surface area contributed by atoms with Crippen molar-refractivity contribution in [1.29, 1.82) is 0 Å². The molecule has 1 aliphatic rings. The maximum Gasteiger partial charge on any atom is 0.314 e. The summed E-state index contributed by atoms with van der Waals surface area (Å²) in [5, 5.41) is 8.91. The van der Waals surface area contributed by atoms with Crippen LogP contribution in [0.25, 0.3) is 0 Å². The summed E-state index contributed by atoms with van der Waals surface area (Å²) in [7, 11) is 0. The number of hydrogen-bond donors (Lipinski definition) is 1. The van der Waals surface area contributed by atoms with E-state index in [-0.39, 0.29) is 0 Å². The van der Waals surface area contributed by atoms with Crippen LogP contribution in [0, 0.1) is 5.41 Å². The van der Waals surface area contributed by atoms with Gasteiger partial charge in [-0.1, -0.05) is 19.3 Å². The maximum absolute atomic E-state index is 10.9. The highest BCUT2D eigenvalue weighted by atomic mass is 16.4. The molecular formula is C9H12O3. The van der Waals surface area contributed by atoms with E-state index in [2.05, 4.69) is 0 Å². The fourth-order valence-electron chi connectivity index (χ4n) is 1.72. The smallest absolute Gasteiger partial charge is 0.314 e. The molecule has 0 bridgehead atoms. The Balaban J connectivity index is 2.83. The highest BCUT2D eigenvalue weighted by Crippen LogP contribution is 2.37. The summed E-state index contributed by atoms with van der Waals surface area (Å²) in [5.41, 5.74) is -0.903. The summed E-state index contributed by atoms with van der Waals surface area (Å²) in [5.74, 6) is 0.720. The molecule has 1 aliphatic carbocycles. The first-order chi connectivity index (χ1) is 5.71. The van der Waals surface area contributed by atoms with Gasteiger partial charge in [0.05, 0.1) is 5.41 Å². The Morgan fingerprint density at radius 2 is 1.92 bits per heavy atom. The SMILES string of the molecule is O=C=CC1(C(=O)O)CCCCC1. The van der Waals surface area contributed by atoms with Gasteiger partial charge in [0, 0.05) is 6.08 Å². The van der Waals surface area contributed by atoms with Gasteiger partial charge in [-0.2, -0.15) is 0 Å². The van der Waals surface area contributed by atoms with Gasteiger partial charge in [-0.3, -0.25) is 4.79 Å². The van der Waals surface area contributed by atoms with Crippen molar-refractivity contribution in [3.8, 4) is 0 Å². The molecule has 1 fully saturated rings. The quantitative estimate of drug-likeness (QED) is 0.634. The van der Waals surface area contributed by atoms with E-state index in [1.165, 1.54) is 6.08 Å². The van der Waals surface area contributed by atoms with E-state index >= 15 is 0 Å². The summed E-state index contributed by atoms with van der Waals surface area (Å²) < 4.78 is 0. The molecule has 0 atom stereocenters. The number of rotatable bonds is 2. The van der Waals surface area contributed by atoms with Crippen LogP contribution in [0.5, 0.6) is 0 Å². The van der Waals surface area contributed by atoms with Crippen molar-refractivity contribution in [2.75, 3.05) is 0 Å². The summed E-state index contributed by atoms with van der Waals surface area (Å²) in [6.45, 7) is 0. The fourth-order valence-corrected chi connectivity index (χ4v) is 1.72. The fraction of sp³-hybridized carbons (Fsp3) is 0.667. The molecule has 3 heteroatoms. The molecule has 3 nitrogen and oxygen atoms in total. The minimum Gasteiger partial charge on any atom is -0.481 e. The van der Waals surface area contributed by atoms with Crippen LogP contribution < -0.4 is 0 Å². The lowest BCUT2D eigenvalue weighted by atomic mass is 9.74. The third-order valence-electron chi connectivity index (χ3n) is 2.51. The third-order valence-corrected chi connectivity index (χ3v) is 2.51. The molecular weight excluding hydrogens is 156 g/mol. The second-order valence-electron chi connectivity index (χ2n) is 3.28. The molecule has 0 heterocycles. The summed E-state index contributed by atoms with van der Waals surface area (Å²) in [6.07, 6.45) is 5.19. The summed E-state index contributed by atoms with van der Waals surface area (Å²) >= 11 is 0. The van der Waals surface area contributed by atoms with Crippen LogP contribution in [0.3, 0.4) is 0 Å². The first-order valence-electron chi connectivity index (χ1n) is 4.17. The summed E-state index contributed by atoms with van der Waals surface area (Å²) in [6, 6.07) is 0. The minimum atomic E-state index is -0.903. The highest BCUT2D eigenvalue weighted by Gasteiger charge is 2.37. The zero-order valence-electron chi connectivity index (χ0n) is 6.88. The first-order valence-corrected chi connectivity index (χ1v) is 4.17. The van der Waals surface area contributed by atoms with Crippen molar-refractivity contribution in [3.05, 3.63) is 6.08 Å². The number of carboxylic acids is 1. The molecule has 0 radical (unpaired) electrons. The Morgan fingerprint density at radius 3 is 2.33 bits per heavy atom. The molecule has 1 rings (SSSR count). The number of aliphatic carboxylic acids is 1. The average molecular weight is 168 g/mol. The Labute approximate surface area is 71.1 Å². The molecule has 1 N–H and O–H groups in total. The maximum atomic E-state index is 10.9. The van der Waals surface area contributed by atoms with E-state index in [9.17, 15) is 9.59 Å². The normalized spacial score (nSPS) is 21.0. The zero-order valence-corrected chi connectivity index (χ0v) is 6.88. The van der Waals surface area contributed by atoms with Gasteiger partial charge >= 0.3 is 5.97 Å². The van der Waals surface area contributed by atoms with Gasteiger partial charge in [-0.25, -0.2) is 4.79 Å². The van der Waals surface area contributed by atoms with Crippen molar-refractivity contribution in [2.45, 2.75) is 32.1 Å². The molecule has 12 heavy (non-hydrogen) atoms. The van der Waals surface area contributed by atoms with Crippen molar-refractivity contribution in [1.82, 2.24) is 0 Å². The predicted octanol–water partition coefficient (Wildman–Crippen LogP) is 1.41. The second-order valence-corrected chi connectivity index (χ2v) is 3.28. The third kappa shape index (κ3) is 1.56. The van der Waals surface area contributed by atoms with E-state index < -0.39 is 11.4 Å². The molecule has 0 aliphatic heterocycles. The Kier molecular flexibility index (Phi) is 2.66. The van der Waals surface area contributed by atoms with Crippen LogP contribution in [0.15, 0.2) is 6.08 Å². The minimum absolute atomic E-state index is 0.581. The predicted molar refractivity (Wildman–Crippen MR) is 43.4 cm³/mol. The van der Waals surface area contributed by atoms with Crippen LogP contribution in [0.4, 0.5) is 0 Å². The molecule has 0 amide bonds. The lowest BCUT2D eigenvalue weighted by molar-refractivity contribution is -0.147. The highest BCUT2D eigenvalue weighted by molar-refractivity contribution is 5.79. The Bertz CT molecular complexity index is 216. The summed E-state index contributed by atoms with van der Waals surface area (Å²) in [4.78, 5) is 21.0. The number of hydrogen-bond acceptors (Lipinski definition) is 2. The van der Waals surface area contributed by atoms with Crippen molar-refractivity contribution in [2.24, 2.45) is 5.41 Å². The molecule has 1 saturated carbocycles. The van der Waals surface area contributed by atoms with Gasteiger partial charge in [-0.15, -0.1) is 0 Å². The molecule has 0 aromatic heterocycles. The van der Waals surface area contributed by atoms with Gasteiger partial charge in [0.25, 0.3) is 0 Å². The molecule has 0 aromatic carbocycles. The van der Waals surface area contributed by atoms with Gasteiger partial charge in [0.2, 0.25) is 0 Å². The molecule has 0 spiro atoms. The van der Waals surface area contributed by atoms with E-state index in [1.54, 1.807) is 5.94 Å². The van der Waals surface area contributed by atoms with Crippen molar-refractivity contribution >= 4 is 11.9 Å². The van der Waals surface area contributed by atoms with Crippen LogP contribution in [0.1, 0.15) is 32.1 Å². The zero-order chi connectivity index (χ0) is 9.03. The lowest BCUT2D eigenvalue weighted by Gasteiger charge is -2.28. The molecule has 66 valence electrons. The lowest BCUT2D eigenvalue weighted by Crippen LogP contribution is -2.31. The van der Waals surface area contributed by atoms with Crippen molar-refractivity contribution in [3.63, 3.8) is 0 Å². The molecule has 0 saturated heterocycles. The van der Waals surface area contributed by atoms with E-state index in [1.807, 2.05) is 0 Å². The number of carbonyl (C=O) groups is 1. The van der Waals surface area contributed by atoms with Gasteiger partial charge in [-0.05, 0) is 12.8 Å². The number of carbonyl (C=O) groups excluding carboxylic acids is 1. The standard InChI is InChI=1S/C9H12O3/c10-7-6-9(8(11)12)4-2-1-3-5-9/h6H,1-5H2,(H,11,12). The Morgan fingerprint density at radius 1 is 1.33 bits per heavy atom. The topological polar surface area (TPSA) is 54.4 Å². The van der Waals surface area contributed by atoms with Crippen LogP contribution >= 0.6 is 0 Å². The van der Waals surface area contributed by atoms with Gasteiger partial charge in [0.1, 0.15) is 5.94 Å². The molecule has 0 unspecified atom stereocenters. The largest absolute Gasteiger partial charge is 0.481 e. The molecule has 0 aromatic rings. The van der Waals surface area contributed by atoms with Gasteiger partial charge in [0.15, 0.2) is 0 Å². The van der Waals surface area contributed by atoms with E-state index in [0.717, 1.165) is 19.3 Å². The van der Waals surface area contributed by atoms with E-state index in [4.69, 9.17) is 5.11 Å². The van der Waals surface area contributed by atoms with Crippen LogP contribution in [0.2, 0.25) is 0 Å². The first kappa shape index (κ1) is 9.01. The van der Waals surface area contributed by atoms with Crippen LogP contribution in [-0.4, -0.2) is 17.0 Å². The monoisotopic (exact) mass is 168 g/mol. The van der Waals surface area contributed by atoms with Gasteiger partial charge < -0.3 is 5.11 Å². The van der Waals surface area contributed by atoms with E-state index in [0.29, 0.717) is 12.8 Å². The van der Waals surface area contributed by atoms with Crippen LogP contribution in [-0.2, 0) is 9.59 Å². The Hall–Kier alpha value is -1.08.